The highest BCUT2D eigenvalue weighted by Crippen LogP contribution is 2.40. The lowest BCUT2D eigenvalue weighted by Crippen LogP contribution is -2.35. The van der Waals surface area contributed by atoms with Gasteiger partial charge in [0, 0.05) is 17.2 Å². The molecule has 98 valence electrons. The maximum atomic E-state index is 11.9. The molecule has 1 aromatic carbocycles. The number of hydrogen-bond donors (Lipinski definition) is 1. The number of fused-ring (bicyclic) bond motifs is 1. The van der Waals surface area contributed by atoms with Crippen LogP contribution in [0.15, 0.2) is 41.5 Å². The highest BCUT2D eigenvalue weighted by molar-refractivity contribution is 5.98. The van der Waals surface area contributed by atoms with Gasteiger partial charge in [-0.2, -0.15) is 5.10 Å². The lowest BCUT2D eigenvalue weighted by molar-refractivity contribution is 0.0954. The number of methoxy groups -OCH3 is 1. The monoisotopic (exact) mass is 256 g/mol. The summed E-state index contributed by atoms with van der Waals surface area (Å²) in [5.41, 5.74) is 4.33. The van der Waals surface area contributed by atoms with Crippen LogP contribution >= 0.6 is 0 Å². The van der Waals surface area contributed by atoms with E-state index in [-0.39, 0.29) is 5.91 Å². The lowest BCUT2D eigenvalue weighted by Gasteiger charge is -2.31. The molecule has 1 N–H and O–H groups in total. The molecule has 4 nitrogen and oxygen atoms in total. The fourth-order valence-electron chi connectivity index (χ4n) is 2.59. The minimum Gasteiger partial charge on any atom is -0.497 e. The summed E-state index contributed by atoms with van der Waals surface area (Å²) < 4.78 is 5.05. The molecule has 0 bridgehead atoms. The third-order valence-electron chi connectivity index (χ3n) is 3.82. The highest BCUT2D eigenvalue weighted by Gasteiger charge is 2.37. The molecule has 0 spiro atoms. The molecule has 2 aliphatic carbocycles. The molecule has 0 aliphatic heterocycles. The number of hydrogen-bond acceptors (Lipinski definition) is 3. The Morgan fingerprint density at radius 3 is 2.84 bits per heavy atom. The quantitative estimate of drug-likeness (QED) is 0.666. The number of hydrazone groups is 1. The van der Waals surface area contributed by atoms with Crippen LogP contribution in [0.2, 0.25) is 0 Å². The maximum absolute atomic E-state index is 11.9. The van der Waals surface area contributed by atoms with Crippen molar-refractivity contribution in [1.82, 2.24) is 5.43 Å². The van der Waals surface area contributed by atoms with Gasteiger partial charge in [0.25, 0.3) is 5.91 Å². The molecular formula is C15H16N2O2. The van der Waals surface area contributed by atoms with E-state index in [1.54, 1.807) is 31.4 Å². The lowest BCUT2D eigenvalue weighted by atomic mass is 9.74. The summed E-state index contributed by atoms with van der Waals surface area (Å²) in [7, 11) is 1.60. The Kier molecular flexibility index (Phi) is 3.07. The molecule has 2 aliphatic rings. The normalized spacial score (nSPS) is 25.8. The first-order valence-corrected chi connectivity index (χ1v) is 6.45. The number of rotatable bonds is 3. The fraction of sp³-hybridized carbons (Fsp3) is 0.333. The fourth-order valence-corrected chi connectivity index (χ4v) is 2.59. The average Bonchev–Trinajstić information content (AvgIpc) is 2.80. The van der Waals surface area contributed by atoms with Crippen LogP contribution in [0.1, 0.15) is 23.2 Å². The van der Waals surface area contributed by atoms with Crippen LogP contribution in [0.4, 0.5) is 0 Å². The van der Waals surface area contributed by atoms with Gasteiger partial charge in [-0.25, -0.2) is 5.43 Å². The summed E-state index contributed by atoms with van der Waals surface area (Å²) >= 11 is 0. The number of carbonyl (C=O) groups excluding carboxylic acids is 1. The van der Waals surface area contributed by atoms with E-state index in [9.17, 15) is 4.79 Å². The van der Waals surface area contributed by atoms with Gasteiger partial charge in [0.2, 0.25) is 0 Å². The number of carbonyl (C=O) groups is 1. The van der Waals surface area contributed by atoms with Crippen molar-refractivity contribution in [3.8, 4) is 5.75 Å². The number of nitrogens with one attached hydrogen (secondary N) is 1. The van der Waals surface area contributed by atoms with Crippen molar-refractivity contribution < 1.29 is 9.53 Å². The number of ether oxygens (including phenoxy) is 1. The van der Waals surface area contributed by atoms with E-state index < -0.39 is 0 Å². The van der Waals surface area contributed by atoms with Crippen molar-refractivity contribution in [1.29, 1.82) is 0 Å². The van der Waals surface area contributed by atoms with E-state index in [1.165, 1.54) is 0 Å². The zero-order chi connectivity index (χ0) is 13.2. The van der Waals surface area contributed by atoms with E-state index in [1.807, 2.05) is 0 Å². The van der Waals surface area contributed by atoms with Crippen molar-refractivity contribution in [2.75, 3.05) is 7.11 Å². The minimum atomic E-state index is -0.176. The maximum Gasteiger partial charge on any atom is 0.271 e. The SMILES string of the molecule is COc1ccc(C(=O)N/N=C2\C[C@H]3C=CC[C@@H]23)cc1. The Balaban J connectivity index is 1.60. The van der Waals surface area contributed by atoms with E-state index in [2.05, 4.69) is 22.7 Å². The molecule has 3 rings (SSSR count). The van der Waals surface area contributed by atoms with Gasteiger partial charge in [-0.05, 0) is 43.0 Å². The van der Waals surface area contributed by atoms with Gasteiger partial charge in [0.1, 0.15) is 5.75 Å². The average molecular weight is 256 g/mol. The molecule has 1 saturated carbocycles. The van der Waals surface area contributed by atoms with E-state index in [0.717, 1.165) is 24.3 Å². The van der Waals surface area contributed by atoms with Crippen LogP contribution in [0.3, 0.4) is 0 Å². The van der Waals surface area contributed by atoms with Crippen LogP contribution in [-0.2, 0) is 0 Å². The number of benzene rings is 1. The number of nitrogens with zero attached hydrogens (tertiary/aromatic N) is 1. The van der Waals surface area contributed by atoms with Gasteiger partial charge < -0.3 is 4.74 Å². The summed E-state index contributed by atoms with van der Waals surface area (Å²) in [5.74, 6) is 1.74. The van der Waals surface area contributed by atoms with Crippen molar-refractivity contribution in [2.24, 2.45) is 16.9 Å². The summed E-state index contributed by atoms with van der Waals surface area (Å²) in [4.78, 5) is 11.9. The van der Waals surface area contributed by atoms with E-state index in [4.69, 9.17) is 4.74 Å². The Hall–Kier alpha value is -2.10. The predicted molar refractivity (Wildman–Crippen MR) is 73.2 cm³/mol. The molecule has 0 unspecified atom stereocenters. The van der Waals surface area contributed by atoms with Crippen molar-refractivity contribution in [3.63, 3.8) is 0 Å². The van der Waals surface area contributed by atoms with Gasteiger partial charge in [0.05, 0.1) is 7.11 Å². The molecule has 1 fully saturated rings. The first-order chi connectivity index (χ1) is 9.28. The van der Waals surface area contributed by atoms with Crippen molar-refractivity contribution in [3.05, 3.63) is 42.0 Å². The molecular weight excluding hydrogens is 240 g/mol. The second kappa shape index (κ2) is 4.88. The Morgan fingerprint density at radius 1 is 1.37 bits per heavy atom. The van der Waals surface area contributed by atoms with Crippen molar-refractivity contribution >= 4 is 11.6 Å². The predicted octanol–water partition coefficient (Wildman–Crippen LogP) is 2.38. The first kappa shape index (κ1) is 12.0. The standard InChI is InChI=1S/C15H16N2O2/c1-19-12-7-5-10(6-8-12)15(18)17-16-14-9-11-3-2-4-13(11)14/h2-3,5-8,11,13H,4,9H2,1H3,(H,17,18)/b16-14+/t11-,13-/m1/s1. The van der Waals surface area contributed by atoms with E-state index in [0.29, 0.717) is 17.4 Å². The molecule has 0 saturated heterocycles. The summed E-state index contributed by atoms with van der Waals surface area (Å²) in [6.45, 7) is 0. The van der Waals surface area contributed by atoms with E-state index >= 15 is 0 Å². The Labute approximate surface area is 112 Å². The summed E-state index contributed by atoms with van der Waals surface area (Å²) in [6, 6.07) is 6.99. The van der Waals surface area contributed by atoms with Gasteiger partial charge in [0.15, 0.2) is 0 Å². The molecule has 2 atom stereocenters. The second-order valence-electron chi connectivity index (χ2n) is 4.91. The van der Waals surface area contributed by atoms with Gasteiger partial charge in [-0.1, -0.05) is 12.2 Å². The zero-order valence-electron chi connectivity index (χ0n) is 10.8. The largest absolute Gasteiger partial charge is 0.497 e. The minimum absolute atomic E-state index is 0.176. The second-order valence-corrected chi connectivity index (χ2v) is 4.91. The topological polar surface area (TPSA) is 50.7 Å². The molecule has 1 amide bonds. The van der Waals surface area contributed by atoms with Gasteiger partial charge in [-0.15, -0.1) is 0 Å². The zero-order valence-corrected chi connectivity index (χ0v) is 10.8. The molecule has 0 radical (unpaired) electrons. The third-order valence-corrected chi connectivity index (χ3v) is 3.82. The number of allylic oxidation sites excluding steroid dienone is 2. The highest BCUT2D eigenvalue weighted by atomic mass is 16.5. The van der Waals surface area contributed by atoms with Crippen LogP contribution < -0.4 is 10.2 Å². The smallest absolute Gasteiger partial charge is 0.271 e. The molecule has 1 aromatic rings. The van der Waals surface area contributed by atoms with Crippen LogP contribution in [0.5, 0.6) is 5.75 Å². The van der Waals surface area contributed by atoms with Gasteiger partial charge in [-0.3, -0.25) is 4.79 Å². The van der Waals surface area contributed by atoms with Crippen molar-refractivity contribution in [2.45, 2.75) is 12.8 Å². The Morgan fingerprint density at radius 2 is 2.16 bits per heavy atom. The third kappa shape index (κ3) is 2.26. The van der Waals surface area contributed by atoms with Gasteiger partial charge >= 0.3 is 0 Å². The summed E-state index contributed by atoms with van der Waals surface area (Å²) in [6.07, 6.45) is 6.48. The van der Waals surface area contributed by atoms with Crippen LogP contribution in [0.25, 0.3) is 0 Å². The number of amides is 1. The molecule has 0 heterocycles. The molecule has 19 heavy (non-hydrogen) atoms. The Bertz CT molecular complexity index is 546. The first-order valence-electron chi connectivity index (χ1n) is 6.45. The van der Waals surface area contributed by atoms with Crippen LogP contribution in [0, 0.1) is 11.8 Å². The molecule has 0 aromatic heterocycles. The molecule has 4 heteroatoms. The van der Waals surface area contributed by atoms with Crippen LogP contribution in [-0.4, -0.2) is 18.7 Å². The summed E-state index contributed by atoms with van der Waals surface area (Å²) in [5, 5.41) is 4.24.